The number of benzene rings is 1. The average molecular weight is 166 g/mol. The largest absolute Gasteiger partial charge is 0.274 e. The summed E-state index contributed by atoms with van der Waals surface area (Å²) in [6, 6.07) is 6.04. The lowest BCUT2D eigenvalue weighted by molar-refractivity contribution is -0.385. The number of hydrogen-bond acceptors (Lipinski definition) is 4. The molecule has 62 valence electrons. The molecule has 0 saturated carbocycles. The number of nitrogens with zero attached hydrogens (tertiary/aromatic N) is 2. The maximum absolute atomic E-state index is 10.4. The van der Waals surface area contributed by atoms with Gasteiger partial charge in [-0.2, -0.15) is 4.91 Å². The van der Waals surface area contributed by atoms with Crippen molar-refractivity contribution in [3.63, 3.8) is 0 Å². The van der Waals surface area contributed by atoms with E-state index >= 15 is 0 Å². The first-order chi connectivity index (χ1) is 5.75. The van der Waals surface area contributed by atoms with E-state index in [1.54, 1.807) is 12.1 Å². The molecule has 0 aromatic heterocycles. The third-order valence-electron chi connectivity index (χ3n) is 1.42. The van der Waals surface area contributed by atoms with Gasteiger partial charge in [-0.05, 0) is 0 Å². The molecule has 0 radical (unpaired) electrons. The Morgan fingerprint density at radius 3 is 2.67 bits per heavy atom. The van der Waals surface area contributed by atoms with Crippen LogP contribution in [-0.2, 0) is 6.54 Å². The molecule has 0 spiro atoms. The highest BCUT2D eigenvalue weighted by Crippen LogP contribution is 2.17. The molecule has 5 nitrogen and oxygen atoms in total. The van der Waals surface area contributed by atoms with Crippen LogP contribution in [0, 0.1) is 15.0 Å². The van der Waals surface area contributed by atoms with Crippen molar-refractivity contribution in [1.82, 2.24) is 0 Å². The van der Waals surface area contributed by atoms with Crippen LogP contribution in [0.2, 0.25) is 0 Å². The lowest BCUT2D eigenvalue weighted by Gasteiger charge is -1.95. The van der Waals surface area contributed by atoms with E-state index in [0.29, 0.717) is 5.56 Å². The van der Waals surface area contributed by atoms with Gasteiger partial charge >= 0.3 is 0 Å². The molecule has 0 bridgehead atoms. The third kappa shape index (κ3) is 1.63. The zero-order chi connectivity index (χ0) is 8.97. The van der Waals surface area contributed by atoms with Crippen molar-refractivity contribution in [2.75, 3.05) is 0 Å². The maximum Gasteiger partial charge on any atom is 0.274 e. The highest BCUT2D eigenvalue weighted by atomic mass is 16.6. The fourth-order valence-corrected chi connectivity index (χ4v) is 0.892. The Balaban J connectivity index is 3.07. The normalized spacial score (nSPS) is 9.33. The summed E-state index contributed by atoms with van der Waals surface area (Å²) >= 11 is 0. The molecule has 0 atom stereocenters. The number of nitro groups is 1. The van der Waals surface area contributed by atoms with E-state index < -0.39 is 4.92 Å². The van der Waals surface area contributed by atoms with Crippen molar-refractivity contribution in [2.24, 2.45) is 5.18 Å². The number of nitroso groups, excluding NO2 is 1. The minimum atomic E-state index is -0.527. The van der Waals surface area contributed by atoms with Gasteiger partial charge in [0.1, 0.15) is 6.54 Å². The first-order valence-electron chi connectivity index (χ1n) is 3.27. The molecular formula is C7H6N2O3. The number of nitro benzene ring substituents is 1. The van der Waals surface area contributed by atoms with Crippen LogP contribution in [0.1, 0.15) is 5.56 Å². The molecule has 12 heavy (non-hydrogen) atoms. The quantitative estimate of drug-likeness (QED) is 0.390. The molecule has 0 saturated heterocycles. The van der Waals surface area contributed by atoms with Crippen molar-refractivity contribution in [3.8, 4) is 0 Å². The Hall–Kier alpha value is -1.78. The second kappa shape index (κ2) is 3.56. The monoisotopic (exact) mass is 166 g/mol. The Kier molecular flexibility index (Phi) is 2.47. The summed E-state index contributed by atoms with van der Waals surface area (Å²) in [7, 11) is 0. The molecule has 1 aromatic rings. The Labute approximate surface area is 68.1 Å². The second-order valence-corrected chi connectivity index (χ2v) is 2.17. The summed E-state index contributed by atoms with van der Waals surface area (Å²) in [5, 5.41) is 13.0. The Morgan fingerprint density at radius 1 is 1.42 bits per heavy atom. The summed E-state index contributed by atoms with van der Waals surface area (Å²) < 4.78 is 0. The van der Waals surface area contributed by atoms with Gasteiger partial charge in [-0.1, -0.05) is 23.4 Å². The fraction of sp³-hybridized carbons (Fsp3) is 0.143. The van der Waals surface area contributed by atoms with E-state index in [1.807, 2.05) is 0 Å². The first-order valence-corrected chi connectivity index (χ1v) is 3.27. The first kappa shape index (κ1) is 8.32. The topological polar surface area (TPSA) is 72.6 Å². The minimum absolute atomic E-state index is 0.0582. The Bertz CT molecular complexity index is 311. The molecule has 1 aromatic carbocycles. The van der Waals surface area contributed by atoms with Gasteiger partial charge in [0.25, 0.3) is 5.69 Å². The standard InChI is InChI=1S/C7H6N2O3/c10-8-5-6-3-1-2-4-7(6)9(11)12/h1-4H,5H2. The second-order valence-electron chi connectivity index (χ2n) is 2.17. The molecule has 0 aliphatic carbocycles. The zero-order valence-electron chi connectivity index (χ0n) is 6.14. The number of rotatable bonds is 3. The van der Waals surface area contributed by atoms with Gasteiger partial charge in [-0.15, -0.1) is 0 Å². The Morgan fingerprint density at radius 2 is 2.08 bits per heavy atom. The van der Waals surface area contributed by atoms with Crippen molar-refractivity contribution >= 4 is 5.69 Å². The number of hydrogen-bond donors (Lipinski definition) is 0. The third-order valence-corrected chi connectivity index (χ3v) is 1.42. The SMILES string of the molecule is O=NCc1ccccc1[N+](=O)[O-]. The van der Waals surface area contributed by atoms with E-state index in [-0.39, 0.29) is 12.2 Å². The molecule has 0 N–H and O–H groups in total. The summed E-state index contributed by atoms with van der Waals surface area (Å²) in [4.78, 5) is 19.7. The van der Waals surface area contributed by atoms with E-state index in [1.165, 1.54) is 12.1 Å². The lowest BCUT2D eigenvalue weighted by atomic mass is 10.2. The zero-order valence-corrected chi connectivity index (χ0v) is 6.14. The van der Waals surface area contributed by atoms with E-state index in [0.717, 1.165) is 0 Å². The van der Waals surface area contributed by atoms with E-state index in [9.17, 15) is 15.0 Å². The highest BCUT2D eigenvalue weighted by molar-refractivity contribution is 5.39. The number of para-hydroxylation sites is 1. The van der Waals surface area contributed by atoms with Gasteiger partial charge in [-0.25, -0.2) is 0 Å². The molecule has 0 heterocycles. The average Bonchev–Trinajstić information content (AvgIpc) is 2.05. The van der Waals surface area contributed by atoms with Crippen LogP contribution in [0.3, 0.4) is 0 Å². The molecule has 0 unspecified atom stereocenters. The van der Waals surface area contributed by atoms with Crippen molar-refractivity contribution in [3.05, 3.63) is 44.9 Å². The molecule has 0 fully saturated rings. The fourth-order valence-electron chi connectivity index (χ4n) is 0.892. The van der Waals surface area contributed by atoms with Crippen LogP contribution in [0.4, 0.5) is 5.69 Å². The highest BCUT2D eigenvalue weighted by Gasteiger charge is 2.11. The van der Waals surface area contributed by atoms with Crippen LogP contribution in [-0.4, -0.2) is 4.92 Å². The van der Waals surface area contributed by atoms with E-state index in [4.69, 9.17) is 0 Å². The summed E-state index contributed by atoms with van der Waals surface area (Å²) in [5.74, 6) is 0. The summed E-state index contributed by atoms with van der Waals surface area (Å²) in [5.41, 5.74) is 0.287. The van der Waals surface area contributed by atoms with Crippen LogP contribution >= 0.6 is 0 Å². The van der Waals surface area contributed by atoms with Crippen molar-refractivity contribution in [2.45, 2.75) is 6.54 Å². The summed E-state index contributed by atoms with van der Waals surface area (Å²) in [6.07, 6.45) is 0. The predicted octanol–water partition coefficient (Wildman–Crippen LogP) is 1.86. The molecule has 0 amide bonds. The molecular weight excluding hydrogens is 160 g/mol. The van der Waals surface area contributed by atoms with Crippen LogP contribution in [0.15, 0.2) is 29.4 Å². The van der Waals surface area contributed by atoms with Crippen LogP contribution < -0.4 is 0 Å². The van der Waals surface area contributed by atoms with Gasteiger partial charge in [0.2, 0.25) is 0 Å². The predicted molar refractivity (Wildman–Crippen MR) is 42.6 cm³/mol. The van der Waals surface area contributed by atoms with Gasteiger partial charge in [0, 0.05) is 6.07 Å². The van der Waals surface area contributed by atoms with Gasteiger partial charge in [-0.3, -0.25) is 10.1 Å². The smallest absolute Gasteiger partial charge is 0.258 e. The van der Waals surface area contributed by atoms with E-state index in [2.05, 4.69) is 5.18 Å². The van der Waals surface area contributed by atoms with Crippen LogP contribution in [0.25, 0.3) is 0 Å². The minimum Gasteiger partial charge on any atom is -0.258 e. The van der Waals surface area contributed by atoms with Crippen molar-refractivity contribution in [1.29, 1.82) is 0 Å². The lowest BCUT2D eigenvalue weighted by Crippen LogP contribution is -1.93. The molecule has 1 rings (SSSR count). The van der Waals surface area contributed by atoms with Crippen LogP contribution in [0.5, 0.6) is 0 Å². The molecule has 0 aliphatic rings. The van der Waals surface area contributed by atoms with Crippen molar-refractivity contribution < 1.29 is 4.92 Å². The van der Waals surface area contributed by atoms with Gasteiger partial charge in [0.05, 0.1) is 10.5 Å². The molecule has 5 heteroatoms. The van der Waals surface area contributed by atoms with Gasteiger partial charge < -0.3 is 0 Å². The maximum atomic E-state index is 10.4. The molecule has 0 aliphatic heterocycles. The summed E-state index contributed by atoms with van der Waals surface area (Å²) in [6.45, 7) is -0.156. The van der Waals surface area contributed by atoms with Gasteiger partial charge in [0.15, 0.2) is 0 Å².